The molecule has 2 aromatic carbocycles. The van der Waals surface area contributed by atoms with Crippen molar-refractivity contribution in [3.8, 4) is 5.75 Å². The number of carbonyl (C=O) groups excluding carboxylic acids is 2. The molecule has 5 rings (SSSR count). The Balaban J connectivity index is 1.81. The third-order valence-corrected chi connectivity index (χ3v) is 6.98. The van der Waals surface area contributed by atoms with Crippen LogP contribution in [-0.2, 0) is 19.9 Å². The van der Waals surface area contributed by atoms with Gasteiger partial charge in [-0.1, -0.05) is 41.9 Å². The summed E-state index contributed by atoms with van der Waals surface area (Å²) in [6, 6.07) is 14.7. The Morgan fingerprint density at radius 1 is 1.11 bits per heavy atom. The van der Waals surface area contributed by atoms with Crippen molar-refractivity contribution in [3.05, 3.63) is 70.9 Å². The maximum atomic E-state index is 13.7. The first-order valence-electron chi connectivity index (χ1n) is 9.49. The highest BCUT2D eigenvalue weighted by Gasteiger charge is 2.61. The van der Waals surface area contributed by atoms with Gasteiger partial charge in [0.2, 0.25) is 4.87 Å². The van der Waals surface area contributed by atoms with Gasteiger partial charge in [0.15, 0.2) is 5.78 Å². The summed E-state index contributed by atoms with van der Waals surface area (Å²) in [6.07, 6.45) is 2.39. The van der Waals surface area contributed by atoms with E-state index in [1.54, 1.807) is 36.3 Å². The number of anilines is 1. The van der Waals surface area contributed by atoms with Crippen LogP contribution in [0.3, 0.4) is 0 Å². The van der Waals surface area contributed by atoms with E-state index < -0.39 is 10.3 Å². The Bertz CT molecular complexity index is 1060. The molecule has 0 spiro atoms. The first-order chi connectivity index (χ1) is 13.4. The molecule has 1 amide bonds. The molecule has 0 saturated heterocycles. The van der Waals surface area contributed by atoms with Crippen LogP contribution in [0.25, 0.3) is 0 Å². The molecule has 2 aromatic rings. The zero-order chi connectivity index (χ0) is 19.7. The van der Waals surface area contributed by atoms with E-state index in [1.165, 1.54) is 0 Å². The van der Waals surface area contributed by atoms with Gasteiger partial charge in [0, 0.05) is 16.7 Å². The van der Waals surface area contributed by atoms with Gasteiger partial charge in [-0.25, -0.2) is 0 Å². The third kappa shape index (κ3) is 1.96. The second kappa shape index (κ2) is 5.71. The minimum Gasteiger partial charge on any atom is -0.497 e. The number of methoxy groups -OCH3 is 1. The van der Waals surface area contributed by atoms with Gasteiger partial charge in [-0.2, -0.15) is 0 Å². The molecule has 2 unspecified atom stereocenters. The fourth-order valence-corrected chi connectivity index (χ4v) is 5.37. The second-order valence-electron chi connectivity index (χ2n) is 7.89. The van der Waals surface area contributed by atoms with Crippen LogP contribution in [0.2, 0.25) is 0 Å². The number of hydrogen-bond donors (Lipinski definition) is 0. The molecule has 0 N–H and O–H groups in total. The zero-order valence-corrected chi connectivity index (χ0v) is 16.5. The number of carbonyl (C=O) groups is 2. The van der Waals surface area contributed by atoms with Gasteiger partial charge in [-0.15, -0.1) is 0 Å². The summed E-state index contributed by atoms with van der Waals surface area (Å²) < 4.78 is 5.42. The Hall–Kier alpha value is -2.59. The lowest BCUT2D eigenvalue weighted by molar-refractivity contribution is -0.130. The number of halogens is 1. The maximum Gasteiger partial charge on any atom is 0.265 e. The average Bonchev–Trinajstić information content (AvgIpc) is 3.00. The highest BCUT2D eigenvalue weighted by atomic mass is 35.5. The summed E-state index contributed by atoms with van der Waals surface area (Å²) in [7, 11) is 1.63. The molecule has 2 aliphatic heterocycles. The van der Waals surface area contributed by atoms with Gasteiger partial charge >= 0.3 is 0 Å². The van der Waals surface area contributed by atoms with Crippen molar-refractivity contribution in [1.29, 1.82) is 0 Å². The first kappa shape index (κ1) is 17.5. The van der Waals surface area contributed by atoms with Crippen molar-refractivity contribution in [3.63, 3.8) is 0 Å². The molecule has 5 heteroatoms. The van der Waals surface area contributed by atoms with Crippen molar-refractivity contribution in [2.75, 3.05) is 12.0 Å². The highest BCUT2D eigenvalue weighted by Crippen LogP contribution is 2.59. The number of allylic oxidation sites excluding steroid dienone is 2. The van der Waals surface area contributed by atoms with E-state index >= 15 is 0 Å². The van der Waals surface area contributed by atoms with Crippen LogP contribution in [0.4, 0.5) is 5.69 Å². The van der Waals surface area contributed by atoms with E-state index in [0.717, 1.165) is 35.5 Å². The number of hydrogen-bond acceptors (Lipinski definition) is 3. The smallest absolute Gasteiger partial charge is 0.265 e. The summed E-state index contributed by atoms with van der Waals surface area (Å²) in [5, 5.41) is 0. The first-order valence-corrected chi connectivity index (χ1v) is 9.86. The number of rotatable bonds is 2. The molecule has 28 heavy (non-hydrogen) atoms. The van der Waals surface area contributed by atoms with E-state index in [4.69, 9.17) is 16.3 Å². The van der Waals surface area contributed by atoms with Crippen LogP contribution in [0.15, 0.2) is 59.8 Å². The number of alkyl halides is 1. The van der Waals surface area contributed by atoms with Crippen molar-refractivity contribution in [2.45, 2.75) is 36.5 Å². The van der Waals surface area contributed by atoms with Crippen LogP contribution < -0.4 is 9.64 Å². The number of ketones is 1. The number of fused-ring (bicyclic) bond motifs is 3. The monoisotopic (exact) mass is 393 g/mol. The van der Waals surface area contributed by atoms with E-state index in [2.05, 4.69) is 6.92 Å². The Morgan fingerprint density at radius 3 is 2.57 bits per heavy atom. The number of ether oxygens (including phenoxy) is 1. The molecule has 3 aliphatic rings. The Morgan fingerprint density at radius 2 is 1.86 bits per heavy atom. The highest BCUT2D eigenvalue weighted by molar-refractivity contribution is 6.51. The summed E-state index contributed by atoms with van der Waals surface area (Å²) >= 11 is 6.88. The molecule has 0 fully saturated rings. The van der Waals surface area contributed by atoms with Gasteiger partial charge in [-0.05, 0) is 55.5 Å². The molecule has 4 nitrogen and oxygen atoms in total. The van der Waals surface area contributed by atoms with Gasteiger partial charge in [0.25, 0.3) is 5.91 Å². The van der Waals surface area contributed by atoms with Crippen LogP contribution in [0.5, 0.6) is 5.75 Å². The number of amides is 1. The topological polar surface area (TPSA) is 46.6 Å². The SMILES string of the molecule is COc1ccc2c(c1)C1(C)CCCC3=C1N2C(=O)C(Cl)(c1ccccc1)C3=O. The quantitative estimate of drug-likeness (QED) is 0.559. The maximum absolute atomic E-state index is 13.7. The number of nitrogens with zero attached hydrogens (tertiary/aromatic N) is 1. The van der Waals surface area contributed by atoms with Crippen molar-refractivity contribution < 1.29 is 14.3 Å². The van der Waals surface area contributed by atoms with E-state index in [-0.39, 0.29) is 11.7 Å². The summed E-state index contributed by atoms with van der Waals surface area (Å²) in [4.78, 5) is 27.3. The zero-order valence-electron chi connectivity index (χ0n) is 15.8. The Kier molecular flexibility index (Phi) is 3.57. The average molecular weight is 394 g/mol. The molecular weight excluding hydrogens is 374 g/mol. The number of Topliss-reactive ketones (excluding diaryl/α,β-unsaturated/α-hetero) is 1. The van der Waals surface area contributed by atoms with Gasteiger partial charge in [0.05, 0.1) is 12.8 Å². The normalized spacial score (nSPS) is 28.3. The minimum atomic E-state index is -1.72. The Labute approximate surface area is 168 Å². The molecule has 0 aromatic heterocycles. The van der Waals surface area contributed by atoms with Crippen LogP contribution in [-0.4, -0.2) is 18.8 Å². The van der Waals surface area contributed by atoms with Gasteiger partial charge in [0.1, 0.15) is 5.75 Å². The van der Waals surface area contributed by atoms with E-state index in [9.17, 15) is 9.59 Å². The minimum absolute atomic E-state index is 0.276. The van der Waals surface area contributed by atoms with Crippen molar-refractivity contribution in [2.24, 2.45) is 0 Å². The lowest BCUT2D eigenvalue weighted by Crippen LogP contribution is -2.54. The predicted octanol–water partition coefficient (Wildman–Crippen LogP) is 4.45. The lowest BCUT2D eigenvalue weighted by atomic mass is 9.68. The van der Waals surface area contributed by atoms with Crippen molar-refractivity contribution >= 4 is 29.0 Å². The molecule has 142 valence electrons. The molecule has 1 aliphatic carbocycles. The van der Waals surface area contributed by atoms with E-state index in [0.29, 0.717) is 17.6 Å². The number of benzene rings is 2. The van der Waals surface area contributed by atoms with Gasteiger partial charge in [-0.3, -0.25) is 14.5 Å². The fourth-order valence-electron chi connectivity index (χ4n) is 5.05. The summed E-state index contributed by atoms with van der Waals surface area (Å²) in [5.41, 5.74) is 3.45. The van der Waals surface area contributed by atoms with Gasteiger partial charge < -0.3 is 4.74 Å². The standard InChI is InChI=1S/C23H20ClNO3/c1-22-12-6-9-16-19(22)25(18-11-10-15(28-2)13-17(18)22)21(27)23(24,20(16)26)14-7-4-3-5-8-14/h3-5,7-8,10-11,13H,6,9,12H2,1-2H3. The van der Waals surface area contributed by atoms with Crippen molar-refractivity contribution in [1.82, 2.24) is 0 Å². The van der Waals surface area contributed by atoms with Crippen LogP contribution in [0, 0.1) is 0 Å². The molecular formula is C23H20ClNO3. The van der Waals surface area contributed by atoms with Crippen LogP contribution in [0.1, 0.15) is 37.3 Å². The fraction of sp³-hybridized carbons (Fsp3) is 0.304. The lowest BCUT2D eigenvalue weighted by Gasteiger charge is -2.42. The molecule has 0 bridgehead atoms. The predicted molar refractivity (Wildman–Crippen MR) is 108 cm³/mol. The molecule has 2 heterocycles. The largest absolute Gasteiger partial charge is 0.497 e. The molecule has 2 atom stereocenters. The van der Waals surface area contributed by atoms with E-state index in [1.807, 2.05) is 24.3 Å². The summed E-state index contributed by atoms with van der Waals surface area (Å²) in [6.45, 7) is 2.12. The molecule has 0 radical (unpaired) electrons. The molecule has 0 saturated carbocycles. The summed E-state index contributed by atoms with van der Waals surface area (Å²) in [5.74, 6) is 0.0787. The van der Waals surface area contributed by atoms with Crippen LogP contribution >= 0.6 is 11.6 Å². The second-order valence-corrected chi connectivity index (χ2v) is 8.46. The third-order valence-electron chi connectivity index (χ3n) is 6.43.